The third-order valence-corrected chi connectivity index (χ3v) is 9.06. The standard InChI is InChI=1S/C19H30N2O5S/c1-18(2,27(24,25)12-14-7-6-8-14)17(23)20-16-11-15(21-26-16)19(13-22)9-4-3-5-10-19/h11,14,22H,3-10,12-13H2,1-2H3,(H,20,23). The number of rotatable bonds is 7. The largest absolute Gasteiger partial charge is 0.395 e. The summed E-state index contributed by atoms with van der Waals surface area (Å²) in [5.41, 5.74) is 0.187. The van der Waals surface area contributed by atoms with Gasteiger partial charge < -0.3 is 9.63 Å². The van der Waals surface area contributed by atoms with Crippen molar-refractivity contribution in [3.05, 3.63) is 11.8 Å². The summed E-state index contributed by atoms with van der Waals surface area (Å²) in [5, 5.41) is 16.5. The molecular weight excluding hydrogens is 368 g/mol. The minimum absolute atomic E-state index is 0.0197. The van der Waals surface area contributed by atoms with Crippen molar-refractivity contribution in [2.24, 2.45) is 5.92 Å². The molecule has 0 bridgehead atoms. The van der Waals surface area contributed by atoms with Crippen molar-refractivity contribution in [2.75, 3.05) is 17.7 Å². The van der Waals surface area contributed by atoms with Gasteiger partial charge >= 0.3 is 0 Å². The van der Waals surface area contributed by atoms with Crippen LogP contribution in [0, 0.1) is 5.92 Å². The Bertz CT molecular complexity index is 774. The van der Waals surface area contributed by atoms with E-state index in [1.165, 1.54) is 13.8 Å². The number of anilines is 1. The monoisotopic (exact) mass is 398 g/mol. The molecule has 0 aliphatic heterocycles. The number of aliphatic hydroxyl groups excluding tert-OH is 1. The molecule has 8 heteroatoms. The van der Waals surface area contributed by atoms with E-state index >= 15 is 0 Å². The van der Waals surface area contributed by atoms with E-state index in [2.05, 4.69) is 10.5 Å². The Hall–Kier alpha value is -1.41. The predicted molar refractivity (Wildman–Crippen MR) is 102 cm³/mol. The molecule has 0 saturated heterocycles. The molecule has 1 aromatic rings. The van der Waals surface area contributed by atoms with Crippen LogP contribution in [0.5, 0.6) is 0 Å². The van der Waals surface area contributed by atoms with Gasteiger partial charge in [-0.05, 0) is 45.4 Å². The normalized spacial score (nSPS) is 20.9. The van der Waals surface area contributed by atoms with Crippen LogP contribution < -0.4 is 5.32 Å². The molecule has 2 saturated carbocycles. The molecule has 2 aliphatic rings. The number of sulfone groups is 1. The molecule has 0 radical (unpaired) electrons. The molecule has 3 rings (SSSR count). The maximum atomic E-state index is 12.7. The van der Waals surface area contributed by atoms with Crippen LogP contribution in [-0.2, 0) is 20.0 Å². The van der Waals surface area contributed by atoms with Gasteiger partial charge in [0.1, 0.15) is 4.75 Å². The van der Waals surface area contributed by atoms with Gasteiger partial charge in [0.25, 0.3) is 0 Å². The second kappa shape index (κ2) is 7.54. The van der Waals surface area contributed by atoms with E-state index in [-0.39, 0.29) is 24.2 Å². The molecule has 0 atom stereocenters. The number of carbonyl (C=O) groups excluding carboxylic acids is 1. The topological polar surface area (TPSA) is 110 Å². The highest BCUT2D eigenvalue weighted by atomic mass is 32.2. The van der Waals surface area contributed by atoms with E-state index in [0.717, 1.165) is 51.4 Å². The molecule has 0 unspecified atom stereocenters. The van der Waals surface area contributed by atoms with Crippen LogP contribution in [0.15, 0.2) is 10.6 Å². The SMILES string of the molecule is CC(C)(C(=O)Nc1cc(C2(CO)CCCCC2)no1)S(=O)(=O)CC1CCC1. The van der Waals surface area contributed by atoms with Gasteiger partial charge in [0, 0.05) is 11.5 Å². The maximum absolute atomic E-state index is 12.7. The van der Waals surface area contributed by atoms with Crippen molar-refractivity contribution in [2.45, 2.75) is 75.4 Å². The van der Waals surface area contributed by atoms with E-state index in [0.29, 0.717) is 5.69 Å². The van der Waals surface area contributed by atoms with Gasteiger partial charge in [-0.1, -0.05) is 30.8 Å². The van der Waals surface area contributed by atoms with Crippen molar-refractivity contribution < 1.29 is 22.8 Å². The molecule has 1 heterocycles. The van der Waals surface area contributed by atoms with Crippen molar-refractivity contribution in [3.8, 4) is 0 Å². The number of amides is 1. The molecule has 1 aromatic heterocycles. The zero-order chi connectivity index (χ0) is 19.7. The average molecular weight is 399 g/mol. The number of hydrogen-bond donors (Lipinski definition) is 2. The number of nitrogens with zero attached hydrogens (tertiary/aromatic N) is 1. The van der Waals surface area contributed by atoms with Gasteiger partial charge in [-0.3, -0.25) is 10.1 Å². The highest BCUT2D eigenvalue weighted by Crippen LogP contribution is 2.39. The Labute approximate surface area is 160 Å². The summed E-state index contributed by atoms with van der Waals surface area (Å²) in [6.07, 6.45) is 7.69. The number of nitrogens with one attached hydrogen (secondary N) is 1. The Morgan fingerprint density at radius 1 is 1.30 bits per heavy atom. The first-order chi connectivity index (χ1) is 12.7. The molecule has 2 fully saturated rings. The fourth-order valence-electron chi connectivity index (χ4n) is 3.89. The molecular formula is C19H30N2O5S. The van der Waals surface area contributed by atoms with Crippen LogP contribution in [-0.4, -0.2) is 41.7 Å². The fraction of sp³-hybridized carbons (Fsp3) is 0.789. The van der Waals surface area contributed by atoms with Crippen LogP contribution in [0.3, 0.4) is 0 Å². The Morgan fingerprint density at radius 3 is 2.52 bits per heavy atom. The minimum atomic E-state index is -3.58. The van der Waals surface area contributed by atoms with Gasteiger partial charge in [0.05, 0.1) is 18.1 Å². The van der Waals surface area contributed by atoms with Crippen molar-refractivity contribution >= 4 is 21.6 Å². The van der Waals surface area contributed by atoms with Gasteiger partial charge in [0.2, 0.25) is 11.8 Å². The first-order valence-corrected chi connectivity index (χ1v) is 11.5. The van der Waals surface area contributed by atoms with Gasteiger partial charge in [-0.2, -0.15) is 0 Å². The Balaban J connectivity index is 1.71. The summed E-state index contributed by atoms with van der Waals surface area (Å²) in [4.78, 5) is 12.7. The number of carbonyl (C=O) groups is 1. The molecule has 0 aromatic carbocycles. The van der Waals surface area contributed by atoms with E-state index in [4.69, 9.17) is 4.52 Å². The predicted octanol–water partition coefficient (Wildman–Crippen LogP) is 2.80. The summed E-state index contributed by atoms with van der Waals surface area (Å²) in [5.74, 6) is -0.288. The van der Waals surface area contributed by atoms with E-state index in [1.807, 2.05) is 0 Å². The number of aliphatic hydroxyl groups is 1. The lowest BCUT2D eigenvalue weighted by atomic mass is 9.72. The Morgan fingerprint density at radius 2 is 1.96 bits per heavy atom. The maximum Gasteiger partial charge on any atom is 0.247 e. The average Bonchev–Trinajstić information content (AvgIpc) is 3.07. The van der Waals surface area contributed by atoms with Gasteiger partial charge in [-0.25, -0.2) is 8.42 Å². The number of hydrogen-bond acceptors (Lipinski definition) is 6. The summed E-state index contributed by atoms with van der Waals surface area (Å²) in [6.45, 7) is 2.85. The third-order valence-electron chi connectivity index (χ3n) is 6.41. The highest BCUT2D eigenvalue weighted by molar-refractivity contribution is 7.93. The van der Waals surface area contributed by atoms with Crippen LogP contribution in [0.2, 0.25) is 0 Å². The lowest BCUT2D eigenvalue weighted by molar-refractivity contribution is -0.118. The van der Waals surface area contributed by atoms with Gasteiger partial charge in [0.15, 0.2) is 9.84 Å². The summed E-state index contributed by atoms with van der Waals surface area (Å²) < 4.78 is 29.1. The molecule has 7 nitrogen and oxygen atoms in total. The second-order valence-corrected chi connectivity index (χ2v) is 11.2. The van der Waals surface area contributed by atoms with E-state index < -0.39 is 25.9 Å². The lowest BCUT2D eigenvalue weighted by Gasteiger charge is -2.33. The van der Waals surface area contributed by atoms with Crippen LogP contribution in [0.4, 0.5) is 5.88 Å². The zero-order valence-corrected chi connectivity index (χ0v) is 17.0. The molecule has 0 spiro atoms. The molecule has 27 heavy (non-hydrogen) atoms. The van der Waals surface area contributed by atoms with E-state index in [1.54, 1.807) is 6.07 Å². The first kappa shape index (κ1) is 20.3. The molecule has 1 amide bonds. The quantitative estimate of drug-likeness (QED) is 0.731. The molecule has 152 valence electrons. The Kier molecular flexibility index (Phi) is 5.68. The van der Waals surface area contributed by atoms with Gasteiger partial charge in [-0.15, -0.1) is 0 Å². The zero-order valence-electron chi connectivity index (χ0n) is 16.2. The highest BCUT2D eigenvalue weighted by Gasteiger charge is 2.44. The molecule has 2 N–H and O–H groups in total. The summed E-state index contributed by atoms with van der Waals surface area (Å²) in [7, 11) is -3.58. The minimum Gasteiger partial charge on any atom is -0.395 e. The fourth-order valence-corrected chi connectivity index (χ4v) is 5.59. The third kappa shape index (κ3) is 3.92. The van der Waals surface area contributed by atoms with Crippen LogP contribution in [0.1, 0.15) is 70.9 Å². The smallest absolute Gasteiger partial charge is 0.247 e. The lowest BCUT2D eigenvalue weighted by Crippen LogP contribution is -2.47. The first-order valence-electron chi connectivity index (χ1n) is 9.82. The second-order valence-electron chi connectivity index (χ2n) is 8.62. The summed E-state index contributed by atoms with van der Waals surface area (Å²) >= 11 is 0. The van der Waals surface area contributed by atoms with Crippen LogP contribution in [0.25, 0.3) is 0 Å². The van der Waals surface area contributed by atoms with E-state index in [9.17, 15) is 18.3 Å². The van der Waals surface area contributed by atoms with Crippen molar-refractivity contribution in [3.63, 3.8) is 0 Å². The van der Waals surface area contributed by atoms with Crippen LogP contribution >= 0.6 is 0 Å². The number of aromatic nitrogens is 1. The molecule has 2 aliphatic carbocycles. The summed E-state index contributed by atoms with van der Waals surface area (Å²) in [6, 6.07) is 1.62. The van der Waals surface area contributed by atoms with Crippen molar-refractivity contribution in [1.29, 1.82) is 0 Å². The van der Waals surface area contributed by atoms with Crippen molar-refractivity contribution in [1.82, 2.24) is 5.16 Å².